The normalized spacial score (nSPS) is 12.5. The van der Waals surface area contributed by atoms with Crippen LogP contribution in [0, 0.1) is 0 Å². The third-order valence-electron chi connectivity index (χ3n) is 2.79. The lowest BCUT2D eigenvalue weighted by atomic mass is 10.2. The molecule has 1 aromatic carbocycles. The predicted molar refractivity (Wildman–Crippen MR) is 95.4 cm³/mol. The van der Waals surface area contributed by atoms with Gasteiger partial charge in [-0.15, -0.1) is 0 Å². The van der Waals surface area contributed by atoms with Gasteiger partial charge in [-0.2, -0.15) is 0 Å². The summed E-state index contributed by atoms with van der Waals surface area (Å²) < 4.78 is 17.1. The second-order valence-electron chi connectivity index (χ2n) is 4.58. The molecule has 0 saturated carbocycles. The van der Waals surface area contributed by atoms with Crippen LogP contribution in [-0.2, 0) is 14.2 Å². The molecule has 1 aromatic rings. The van der Waals surface area contributed by atoms with Crippen molar-refractivity contribution in [2.45, 2.75) is 26.1 Å². The van der Waals surface area contributed by atoms with E-state index >= 15 is 0 Å². The smallest absolute Gasteiger partial charge is 0.338 e. The van der Waals surface area contributed by atoms with Crippen LogP contribution in [0.25, 0.3) is 0 Å². The molecule has 0 aliphatic rings. The molecule has 0 spiro atoms. The van der Waals surface area contributed by atoms with Crippen molar-refractivity contribution in [3.05, 3.63) is 48.0 Å². The summed E-state index contributed by atoms with van der Waals surface area (Å²) in [6.45, 7) is 3.54. The van der Waals surface area contributed by atoms with Gasteiger partial charge < -0.3 is 14.2 Å². The van der Waals surface area contributed by atoms with Crippen LogP contribution in [0.15, 0.2) is 42.5 Å². The fraction of sp³-hybridized carbons (Fsp3) is 0.471. The van der Waals surface area contributed by atoms with E-state index in [0.29, 0.717) is 12.2 Å². The summed E-state index contributed by atoms with van der Waals surface area (Å²) in [5, 5.41) is 0. The Morgan fingerprint density at radius 2 is 1.91 bits per heavy atom. The highest BCUT2D eigenvalue weighted by atomic mass is 127. The van der Waals surface area contributed by atoms with Gasteiger partial charge >= 0.3 is 5.97 Å². The fourth-order valence-electron chi connectivity index (χ4n) is 1.58. The summed E-state index contributed by atoms with van der Waals surface area (Å²) in [5.41, 5.74) is 0.557. The number of hydrogen-bond acceptors (Lipinski definition) is 4. The van der Waals surface area contributed by atoms with Crippen molar-refractivity contribution in [2.75, 3.05) is 24.2 Å². The third kappa shape index (κ3) is 8.51. The molecule has 0 aliphatic carbocycles. The molecule has 122 valence electrons. The number of ether oxygens (including phenoxy) is 3. The minimum atomic E-state index is -0.320. The van der Waals surface area contributed by atoms with E-state index < -0.39 is 0 Å². The third-order valence-corrected chi connectivity index (χ3v) is 3.51. The average Bonchev–Trinajstić information content (AvgIpc) is 2.57. The topological polar surface area (TPSA) is 44.8 Å². The second-order valence-corrected chi connectivity index (χ2v) is 5.46. The largest absolute Gasteiger partial charge is 0.458 e. The van der Waals surface area contributed by atoms with Crippen LogP contribution < -0.4 is 0 Å². The molecule has 4 nitrogen and oxygen atoms in total. The molecule has 0 heterocycles. The molecule has 0 bridgehead atoms. The molecule has 5 heteroatoms. The molecular weight excluding hydrogens is 395 g/mol. The minimum Gasteiger partial charge on any atom is -0.458 e. The quantitative estimate of drug-likeness (QED) is 0.136. The Kier molecular flexibility index (Phi) is 11.0. The van der Waals surface area contributed by atoms with E-state index in [1.807, 2.05) is 24.3 Å². The van der Waals surface area contributed by atoms with Gasteiger partial charge in [-0.1, -0.05) is 60.2 Å². The SMILES string of the molecule is CCCCOC(CI)OC/C=C/COC(=O)c1ccccc1. The van der Waals surface area contributed by atoms with Crippen molar-refractivity contribution >= 4 is 28.6 Å². The first-order valence-corrected chi connectivity index (χ1v) is 8.96. The minimum absolute atomic E-state index is 0.177. The number of benzene rings is 1. The number of hydrogen-bond donors (Lipinski definition) is 0. The summed E-state index contributed by atoms with van der Waals surface area (Å²) in [7, 11) is 0. The van der Waals surface area contributed by atoms with E-state index in [1.165, 1.54) is 0 Å². The Morgan fingerprint density at radius 1 is 1.18 bits per heavy atom. The van der Waals surface area contributed by atoms with E-state index in [4.69, 9.17) is 14.2 Å². The summed E-state index contributed by atoms with van der Waals surface area (Å²) in [4.78, 5) is 11.7. The van der Waals surface area contributed by atoms with Gasteiger partial charge in [-0.3, -0.25) is 0 Å². The molecule has 0 amide bonds. The molecular formula is C17H23IO4. The molecule has 0 fully saturated rings. The lowest BCUT2D eigenvalue weighted by Crippen LogP contribution is -2.19. The summed E-state index contributed by atoms with van der Waals surface area (Å²) in [6, 6.07) is 8.94. The number of unbranched alkanes of at least 4 members (excludes halogenated alkanes) is 1. The van der Waals surface area contributed by atoms with Gasteiger partial charge in [-0.25, -0.2) is 4.79 Å². The van der Waals surface area contributed by atoms with Crippen LogP contribution in [0.5, 0.6) is 0 Å². The highest BCUT2D eigenvalue weighted by Gasteiger charge is 2.06. The molecule has 22 heavy (non-hydrogen) atoms. The average molecular weight is 418 g/mol. The maximum Gasteiger partial charge on any atom is 0.338 e. The number of carbonyl (C=O) groups excluding carboxylic acids is 1. The Morgan fingerprint density at radius 3 is 2.59 bits per heavy atom. The number of carbonyl (C=O) groups is 1. The second kappa shape index (κ2) is 12.6. The van der Waals surface area contributed by atoms with Gasteiger partial charge in [-0.05, 0) is 24.6 Å². The molecule has 0 aliphatic heterocycles. The monoisotopic (exact) mass is 418 g/mol. The van der Waals surface area contributed by atoms with Gasteiger partial charge in [0.15, 0.2) is 6.29 Å². The van der Waals surface area contributed by atoms with E-state index in [9.17, 15) is 4.79 Å². The number of alkyl halides is 1. The van der Waals surface area contributed by atoms with Gasteiger partial charge in [0.25, 0.3) is 0 Å². The number of esters is 1. The maximum atomic E-state index is 11.7. The summed E-state index contributed by atoms with van der Waals surface area (Å²) >= 11 is 2.24. The van der Waals surface area contributed by atoms with Crippen LogP contribution in [0.4, 0.5) is 0 Å². The molecule has 0 N–H and O–H groups in total. The van der Waals surface area contributed by atoms with E-state index in [-0.39, 0.29) is 18.9 Å². The first-order valence-electron chi connectivity index (χ1n) is 7.44. The van der Waals surface area contributed by atoms with Gasteiger partial charge in [0, 0.05) is 6.61 Å². The predicted octanol–water partition coefficient (Wildman–Crippen LogP) is 3.99. The van der Waals surface area contributed by atoms with Crippen LogP contribution in [0.1, 0.15) is 30.1 Å². The van der Waals surface area contributed by atoms with Crippen molar-refractivity contribution in [2.24, 2.45) is 0 Å². The van der Waals surface area contributed by atoms with Crippen molar-refractivity contribution in [3.8, 4) is 0 Å². The van der Waals surface area contributed by atoms with Crippen molar-refractivity contribution in [1.82, 2.24) is 0 Å². The zero-order chi connectivity index (χ0) is 16.0. The Bertz CT molecular complexity index is 434. The molecule has 1 unspecified atom stereocenters. The Hall–Kier alpha value is -0.920. The Balaban J connectivity index is 2.14. The highest BCUT2D eigenvalue weighted by molar-refractivity contribution is 14.1. The summed E-state index contributed by atoms with van der Waals surface area (Å²) in [5.74, 6) is -0.320. The lowest BCUT2D eigenvalue weighted by molar-refractivity contribution is -0.117. The molecule has 0 radical (unpaired) electrons. The van der Waals surface area contributed by atoms with Gasteiger partial charge in [0.2, 0.25) is 0 Å². The van der Waals surface area contributed by atoms with Crippen molar-refractivity contribution < 1.29 is 19.0 Å². The van der Waals surface area contributed by atoms with Gasteiger partial charge in [0.1, 0.15) is 6.61 Å². The zero-order valence-electron chi connectivity index (χ0n) is 12.9. The standard InChI is InChI=1S/C17H23IO4/c1-2-3-11-20-16(14-18)21-12-7-8-13-22-17(19)15-9-5-4-6-10-15/h4-10,16H,2-3,11-14H2,1H3/b8-7+. The number of rotatable bonds is 11. The fourth-order valence-corrected chi connectivity index (χ4v) is 2.09. The molecule has 1 atom stereocenters. The maximum absolute atomic E-state index is 11.7. The van der Waals surface area contributed by atoms with Crippen molar-refractivity contribution in [3.63, 3.8) is 0 Å². The molecule has 0 aromatic heterocycles. The van der Waals surface area contributed by atoms with E-state index in [2.05, 4.69) is 29.5 Å². The zero-order valence-corrected chi connectivity index (χ0v) is 15.0. The first-order chi connectivity index (χ1) is 10.8. The van der Waals surface area contributed by atoms with Crippen LogP contribution in [-0.4, -0.2) is 36.5 Å². The van der Waals surface area contributed by atoms with E-state index in [1.54, 1.807) is 18.2 Å². The Labute approximate surface area is 146 Å². The number of halogens is 1. The summed E-state index contributed by atoms with van der Waals surface area (Å²) in [6.07, 6.45) is 5.59. The van der Waals surface area contributed by atoms with Gasteiger partial charge in [0.05, 0.1) is 16.6 Å². The van der Waals surface area contributed by atoms with Crippen LogP contribution >= 0.6 is 22.6 Å². The van der Waals surface area contributed by atoms with E-state index in [0.717, 1.165) is 23.9 Å². The first kappa shape index (κ1) is 19.1. The lowest BCUT2D eigenvalue weighted by Gasteiger charge is -2.14. The van der Waals surface area contributed by atoms with Crippen LogP contribution in [0.2, 0.25) is 0 Å². The highest BCUT2D eigenvalue weighted by Crippen LogP contribution is 2.03. The van der Waals surface area contributed by atoms with Crippen LogP contribution in [0.3, 0.4) is 0 Å². The molecule has 0 saturated heterocycles. The molecule has 1 rings (SSSR count). The van der Waals surface area contributed by atoms with Crippen molar-refractivity contribution in [1.29, 1.82) is 0 Å².